The second-order valence-electron chi connectivity index (χ2n) is 6.51. The van der Waals surface area contributed by atoms with E-state index in [0.717, 1.165) is 36.5 Å². The smallest absolute Gasteiger partial charge is 0.125 e. The molecular weight excluding hydrogens is 315 g/mol. The summed E-state index contributed by atoms with van der Waals surface area (Å²) >= 11 is 0. The second-order valence-corrected chi connectivity index (χ2v) is 6.51. The summed E-state index contributed by atoms with van der Waals surface area (Å²) in [5.41, 5.74) is 3.01. The summed E-state index contributed by atoms with van der Waals surface area (Å²) in [5, 5.41) is 4.40. The van der Waals surface area contributed by atoms with Crippen molar-refractivity contribution in [2.75, 3.05) is 6.54 Å². The van der Waals surface area contributed by atoms with Crippen LogP contribution in [0.1, 0.15) is 36.6 Å². The summed E-state index contributed by atoms with van der Waals surface area (Å²) < 4.78 is 15.1. The van der Waals surface area contributed by atoms with Crippen molar-refractivity contribution in [2.24, 2.45) is 0 Å². The van der Waals surface area contributed by atoms with Gasteiger partial charge in [0.05, 0.1) is 23.6 Å². The molecule has 0 spiro atoms. The maximum absolute atomic E-state index is 13.4. The topological polar surface area (TPSA) is 34.0 Å². The highest BCUT2D eigenvalue weighted by molar-refractivity contribution is 5.31. The monoisotopic (exact) mass is 336 g/mol. The van der Waals surface area contributed by atoms with Gasteiger partial charge in [0.15, 0.2) is 0 Å². The number of halogens is 1. The lowest BCUT2D eigenvalue weighted by atomic mass is 9.98. The number of rotatable bonds is 4. The van der Waals surface area contributed by atoms with Gasteiger partial charge >= 0.3 is 0 Å². The number of pyridine rings is 1. The fourth-order valence-corrected chi connectivity index (χ4v) is 3.52. The molecule has 3 heterocycles. The number of benzene rings is 1. The Morgan fingerprint density at radius 3 is 2.92 bits per heavy atom. The van der Waals surface area contributed by atoms with E-state index in [-0.39, 0.29) is 5.82 Å². The molecule has 1 atom stereocenters. The van der Waals surface area contributed by atoms with Gasteiger partial charge in [-0.2, -0.15) is 5.10 Å². The molecule has 0 N–H and O–H groups in total. The van der Waals surface area contributed by atoms with E-state index in [1.165, 1.54) is 25.0 Å². The van der Waals surface area contributed by atoms with Crippen LogP contribution in [0.4, 0.5) is 4.39 Å². The average Bonchev–Trinajstić information content (AvgIpc) is 3.12. The predicted molar refractivity (Wildman–Crippen MR) is 94.8 cm³/mol. The van der Waals surface area contributed by atoms with Crippen LogP contribution in [-0.2, 0) is 6.54 Å². The molecule has 0 unspecified atom stereocenters. The Labute approximate surface area is 146 Å². The number of hydrogen-bond acceptors (Lipinski definition) is 3. The lowest BCUT2D eigenvalue weighted by molar-refractivity contribution is 0.137. The molecule has 0 aliphatic carbocycles. The average molecular weight is 336 g/mol. The molecule has 1 saturated heterocycles. The van der Waals surface area contributed by atoms with Crippen molar-refractivity contribution in [2.45, 2.75) is 31.8 Å². The maximum Gasteiger partial charge on any atom is 0.125 e. The predicted octanol–water partition coefficient (Wildman–Crippen LogP) is 4.13. The first-order valence-corrected chi connectivity index (χ1v) is 8.74. The van der Waals surface area contributed by atoms with Gasteiger partial charge in [-0.1, -0.05) is 18.6 Å². The summed E-state index contributed by atoms with van der Waals surface area (Å²) in [5.74, 6) is -0.249. The fourth-order valence-electron chi connectivity index (χ4n) is 3.52. The minimum Gasteiger partial charge on any atom is -0.290 e. The van der Waals surface area contributed by atoms with Crippen LogP contribution in [-0.4, -0.2) is 26.2 Å². The standard InChI is InChI=1S/C20H21FN4/c21-17-6-5-7-18(12-17)25-15-16(13-23-25)14-24-11-4-2-9-20(24)19-8-1-3-10-22-19/h1,3,5-8,10,12-13,15,20H,2,4,9,11,14H2/t20-/m1/s1. The van der Waals surface area contributed by atoms with Gasteiger partial charge in [0.1, 0.15) is 5.82 Å². The third-order valence-electron chi connectivity index (χ3n) is 4.74. The van der Waals surface area contributed by atoms with E-state index in [4.69, 9.17) is 0 Å². The molecule has 2 aromatic heterocycles. The normalized spacial score (nSPS) is 18.4. The van der Waals surface area contributed by atoms with Crippen molar-refractivity contribution in [3.8, 4) is 5.69 Å². The highest BCUT2D eigenvalue weighted by Crippen LogP contribution is 2.30. The molecule has 5 heteroatoms. The zero-order chi connectivity index (χ0) is 17.1. The third-order valence-corrected chi connectivity index (χ3v) is 4.74. The Bertz CT molecular complexity index is 830. The van der Waals surface area contributed by atoms with Crippen molar-refractivity contribution >= 4 is 0 Å². The molecule has 1 aliphatic heterocycles. The SMILES string of the molecule is Fc1cccc(-n2cc(CN3CCCC[C@@H]3c3ccccn3)cn2)c1. The molecule has 1 fully saturated rings. The quantitative estimate of drug-likeness (QED) is 0.718. The molecule has 1 aliphatic rings. The van der Waals surface area contributed by atoms with Crippen LogP contribution in [0, 0.1) is 5.82 Å². The lowest BCUT2D eigenvalue weighted by Crippen LogP contribution is -2.33. The Balaban J connectivity index is 1.53. The first-order chi connectivity index (χ1) is 12.3. The fraction of sp³-hybridized carbons (Fsp3) is 0.300. The van der Waals surface area contributed by atoms with Crippen molar-refractivity contribution in [3.05, 3.63) is 78.1 Å². The zero-order valence-electron chi connectivity index (χ0n) is 14.1. The molecule has 4 rings (SSSR count). The van der Waals surface area contributed by atoms with Gasteiger partial charge in [-0.15, -0.1) is 0 Å². The Morgan fingerprint density at radius 2 is 2.08 bits per heavy atom. The molecule has 1 aromatic carbocycles. The molecule has 0 amide bonds. The lowest BCUT2D eigenvalue weighted by Gasteiger charge is -2.35. The van der Waals surface area contributed by atoms with Crippen LogP contribution < -0.4 is 0 Å². The van der Waals surface area contributed by atoms with Crippen molar-refractivity contribution in [3.63, 3.8) is 0 Å². The molecule has 4 nitrogen and oxygen atoms in total. The summed E-state index contributed by atoms with van der Waals surface area (Å²) in [6.45, 7) is 1.89. The van der Waals surface area contributed by atoms with Crippen molar-refractivity contribution < 1.29 is 4.39 Å². The zero-order valence-corrected chi connectivity index (χ0v) is 14.1. The van der Waals surface area contributed by atoms with Gasteiger partial charge in [-0.05, 0) is 49.7 Å². The van der Waals surface area contributed by atoms with E-state index in [2.05, 4.69) is 27.1 Å². The summed E-state index contributed by atoms with van der Waals surface area (Å²) in [6.07, 6.45) is 9.30. The van der Waals surface area contributed by atoms with E-state index in [1.54, 1.807) is 10.7 Å². The highest BCUT2D eigenvalue weighted by atomic mass is 19.1. The first kappa shape index (κ1) is 16.0. The van der Waals surface area contributed by atoms with Gasteiger partial charge in [0.2, 0.25) is 0 Å². The molecule has 0 saturated carbocycles. The van der Waals surface area contributed by atoms with Crippen LogP contribution in [0.15, 0.2) is 61.1 Å². The summed E-state index contributed by atoms with van der Waals surface area (Å²) in [7, 11) is 0. The molecule has 3 aromatic rings. The minimum absolute atomic E-state index is 0.249. The molecule has 128 valence electrons. The number of aromatic nitrogens is 3. The van der Waals surface area contributed by atoms with Gasteiger partial charge in [-0.3, -0.25) is 9.88 Å². The van der Waals surface area contributed by atoms with Crippen LogP contribution >= 0.6 is 0 Å². The summed E-state index contributed by atoms with van der Waals surface area (Å²) in [6, 6.07) is 13.0. The third kappa shape index (κ3) is 3.61. The van der Waals surface area contributed by atoms with Gasteiger partial charge in [0.25, 0.3) is 0 Å². The molecule has 0 bridgehead atoms. The molecule has 0 radical (unpaired) electrons. The number of hydrogen-bond donors (Lipinski definition) is 0. The largest absolute Gasteiger partial charge is 0.290 e. The minimum atomic E-state index is -0.249. The Morgan fingerprint density at radius 1 is 1.12 bits per heavy atom. The van der Waals surface area contributed by atoms with E-state index in [0.29, 0.717) is 6.04 Å². The number of piperidine rings is 1. The van der Waals surface area contributed by atoms with Gasteiger partial charge in [-0.25, -0.2) is 9.07 Å². The van der Waals surface area contributed by atoms with Gasteiger partial charge < -0.3 is 0 Å². The Kier molecular flexibility index (Phi) is 4.57. The summed E-state index contributed by atoms with van der Waals surface area (Å²) in [4.78, 5) is 7.02. The van der Waals surface area contributed by atoms with Crippen LogP contribution in [0.3, 0.4) is 0 Å². The first-order valence-electron chi connectivity index (χ1n) is 8.74. The Hall–Kier alpha value is -2.53. The molecule has 25 heavy (non-hydrogen) atoms. The van der Waals surface area contributed by atoms with E-state index >= 15 is 0 Å². The highest BCUT2D eigenvalue weighted by Gasteiger charge is 2.25. The van der Waals surface area contributed by atoms with Crippen LogP contribution in [0.25, 0.3) is 5.69 Å². The maximum atomic E-state index is 13.4. The van der Waals surface area contributed by atoms with E-state index in [1.807, 2.05) is 30.7 Å². The number of nitrogens with zero attached hydrogens (tertiary/aromatic N) is 4. The van der Waals surface area contributed by atoms with Crippen molar-refractivity contribution in [1.29, 1.82) is 0 Å². The number of likely N-dealkylation sites (tertiary alicyclic amines) is 1. The second kappa shape index (κ2) is 7.15. The van der Waals surface area contributed by atoms with E-state index < -0.39 is 0 Å². The van der Waals surface area contributed by atoms with Crippen molar-refractivity contribution in [1.82, 2.24) is 19.7 Å². The van der Waals surface area contributed by atoms with Crippen LogP contribution in [0.5, 0.6) is 0 Å². The van der Waals surface area contributed by atoms with Crippen LogP contribution in [0.2, 0.25) is 0 Å². The molecular formula is C20H21FN4. The van der Waals surface area contributed by atoms with E-state index in [9.17, 15) is 4.39 Å². The van der Waals surface area contributed by atoms with Gasteiger partial charge in [0, 0.05) is 24.5 Å².